The van der Waals surface area contributed by atoms with Crippen molar-refractivity contribution in [3.8, 4) is 0 Å². The van der Waals surface area contributed by atoms with Crippen molar-refractivity contribution in [2.45, 2.75) is 58.6 Å². The van der Waals surface area contributed by atoms with Crippen LogP contribution in [0.25, 0.3) is 0 Å². The van der Waals surface area contributed by atoms with Crippen LogP contribution in [0.15, 0.2) is 6.07 Å². The van der Waals surface area contributed by atoms with Gasteiger partial charge in [0.2, 0.25) is 5.95 Å². The number of amides is 1. The van der Waals surface area contributed by atoms with Crippen LogP contribution >= 0.6 is 11.6 Å². The summed E-state index contributed by atoms with van der Waals surface area (Å²) in [5.74, 6) is 0.578. The van der Waals surface area contributed by atoms with Crippen molar-refractivity contribution in [2.75, 3.05) is 25.0 Å². The summed E-state index contributed by atoms with van der Waals surface area (Å²) < 4.78 is 5.55. The van der Waals surface area contributed by atoms with E-state index in [1.54, 1.807) is 6.07 Å². The van der Waals surface area contributed by atoms with Gasteiger partial charge in [0.05, 0.1) is 6.04 Å². The average Bonchev–Trinajstić information content (AvgIpc) is 2.44. The summed E-state index contributed by atoms with van der Waals surface area (Å²) in [4.78, 5) is 25.0. The van der Waals surface area contributed by atoms with Gasteiger partial charge in [-0.25, -0.2) is 14.8 Å². The molecule has 0 aliphatic carbocycles. The van der Waals surface area contributed by atoms with E-state index in [0.29, 0.717) is 17.6 Å². The van der Waals surface area contributed by atoms with Gasteiger partial charge in [0.25, 0.3) is 0 Å². The molecule has 1 saturated heterocycles. The lowest BCUT2D eigenvalue weighted by Crippen LogP contribution is -2.50. The zero-order valence-corrected chi connectivity index (χ0v) is 15.9. The first-order valence-corrected chi connectivity index (χ1v) is 8.75. The minimum atomic E-state index is -0.488. The molecule has 0 bridgehead atoms. The van der Waals surface area contributed by atoms with Gasteiger partial charge in [0, 0.05) is 25.8 Å². The number of nitrogens with zero attached hydrogens (tertiary/aromatic N) is 4. The first-order valence-electron chi connectivity index (χ1n) is 8.37. The third-order valence-electron chi connectivity index (χ3n) is 3.89. The molecule has 134 valence electrons. The second-order valence-corrected chi connectivity index (χ2v) is 7.72. The molecule has 2 rings (SSSR count). The zero-order chi connectivity index (χ0) is 17.9. The van der Waals surface area contributed by atoms with Gasteiger partial charge in [-0.2, -0.15) is 0 Å². The van der Waals surface area contributed by atoms with Gasteiger partial charge >= 0.3 is 6.09 Å². The highest BCUT2D eigenvalue weighted by molar-refractivity contribution is 6.29. The highest BCUT2D eigenvalue weighted by Crippen LogP contribution is 2.22. The standard InChI is InChI=1S/C17H27ClN4O2/c1-12-10-14(18)20-15(19-12)21(5)11-13-8-6-7-9-22(13)16(23)24-17(2,3)4/h10,13H,6-9,11H2,1-5H3/t13-/m1/s1. The van der Waals surface area contributed by atoms with Crippen molar-refractivity contribution in [2.24, 2.45) is 0 Å². The van der Waals surface area contributed by atoms with Crippen LogP contribution in [-0.4, -0.2) is 52.7 Å². The zero-order valence-electron chi connectivity index (χ0n) is 15.2. The Hall–Kier alpha value is -1.56. The highest BCUT2D eigenvalue weighted by atomic mass is 35.5. The van der Waals surface area contributed by atoms with Gasteiger partial charge < -0.3 is 14.5 Å². The Morgan fingerprint density at radius 1 is 1.42 bits per heavy atom. The van der Waals surface area contributed by atoms with Crippen LogP contribution in [0.1, 0.15) is 45.7 Å². The molecular formula is C17H27ClN4O2. The summed E-state index contributed by atoms with van der Waals surface area (Å²) in [6.07, 6.45) is 2.81. The number of carbonyl (C=O) groups excluding carboxylic acids is 1. The van der Waals surface area contributed by atoms with E-state index in [9.17, 15) is 4.79 Å². The van der Waals surface area contributed by atoms with Crippen molar-refractivity contribution >= 4 is 23.6 Å². The maximum atomic E-state index is 12.5. The number of aryl methyl sites for hydroxylation is 1. The molecule has 1 aromatic heterocycles. The predicted molar refractivity (Wildman–Crippen MR) is 95.6 cm³/mol. The molecule has 1 fully saturated rings. The van der Waals surface area contributed by atoms with E-state index < -0.39 is 5.60 Å². The van der Waals surface area contributed by atoms with Crippen LogP contribution in [0.4, 0.5) is 10.7 Å². The van der Waals surface area contributed by atoms with E-state index in [2.05, 4.69) is 9.97 Å². The third kappa shape index (κ3) is 5.23. The molecule has 0 saturated carbocycles. The SMILES string of the molecule is Cc1cc(Cl)nc(N(C)C[C@H]2CCCCN2C(=O)OC(C)(C)C)n1. The van der Waals surface area contributed by atoms with Crippen molar-refractivity contribution in [1.82, 2.24) is 14.9 Å². The summed E-state index contributed by atoms with van der Waals surface area (Å²) in [6, 6.07) is 1.81. The lowest BCUT2D eigenvalue weighted by Gasteiger charge is -2.38. The predicted octanol–water partition coefficient (Wildman–Crippen LogP) is 3.66. The third-order valence-corrected chi connectivity index (χ3v) is 4.09. The Labute approximate surface area is 149 Å². The number of aromatic nitrogens is 2. The first kappa shape index (κ1) is 18.8. The second-order valence-electron chi connectivity index (χ2n) is 7.34. The van der Waals surface area contributed by atoms with E-state index in [1.807, 2.05) is 44.5 Å². The Kier molecular flexibility index (Phi) is 5.91. The molecule has 6 nitrogen and oxygen atoms in total. The molecule has 1 aromatic rings. The van der Waals surface area contributed by atoms with E-state index in [-0.39, 0.29) is 12.1 Å². The van der Waals surface area contributed by atoms with Crippen LogP contribution in [0, 0.1) is 6.92 Å². The lowest BCUT2D eigenvalue weighted by atomic mass is 10.0. The highest BCUT2D eigenvalue weighted by Gasteiger charge is 2.31. The Bertz CT molecular complexity index is 568. The molecule has 0 unspecified atom stereocenters. The molecule has 1 aliphatic heterocycles. The van der Waals surface area contributed by atoms with Gasteiger partial charge in [-0.15, -0.1) is 0 Å². The minimum Gasteiger partial charge on any atom is -0.444 e. The van der Waals surface area contributed by atoms with Crippen LogP contribution < -0.4 is 4.90 Å². The number of anilines is 1. The van der Waals surface area contributed by atoms with Gasteiger partial charge in [0.1, 0.15) is 10.8 Å². The van der Waals surface area contributed by atoms with Gasteiger partial charge in [-0.3, -0.25) is 0 Å². The molecular weight excluding hydrogens is 328 g/mol. The Morgan fingerprint density at radius 2 is 2.12 bits per heavy atom. The fraction of sp³-hybridized carbons (Fsp3) is 0.706. The van der Waals surface area contributed by atoms with Crippen LogP contribution in [0.3, 0.4) is 0 Å². The monoisotopic (exact) mass is 354 g/mol. The van der Waals surface area contributed by atoms with Gasteiger partial charge in [-0.05, 0) is 53.0 Å². The van der Waals surface area contributed by atoms with E-state index in [4.69, 9.17) is 16.3 Å². The average molecular weight is 355 g/mol. The summed E-state index contributed by atoms with van der Waals surface area (Å²) in [6.45, 7) is 8.93. The fourth-order valence-electron chi connectivity index (χ4n) is 2.83. The molecule has 2 heterocycles. The van der Waals surface area contributed by atoms with Crippen LogP contribution in [-0.2, 0) is 4.74 Å². The summed E-state index contributed by atoms with van der Waals surface area (Å²) in [5, 5.41) is 0.428. The summed E-state index contributed by atoms with van der Waals surface area (Å²) in [5.41, 5.74) is 0.336. The fourth-order valence-corrected chi connectivity index (χ4v) is 3.07. The number of ether oxygens (including phenoxy) is 1. The molecule has 0 radical (unpaired) electrons. The first-order chi connectivity index (χ1) is 11.2. The normalized spacial score (nSPS) is 18.4. The lowest BCUT2D eigenvalue weighted by molar-refractivity contribution is 0.0108. The van der Waals surface area contributed by atoms with Crippen LogP contribution in [0.5, 0.6) is 0 Å². The summed E-state index contributed by atoms with van der Waals surface area (Å²) >= 11 is 6.03. The van der Waals surface area contributed by atoms with Gasteiger partial charge in [-0.1, -0.05) is 11.6 Å². The minimum absolute atomic E-state index is 0.0847. The molecule has 0 aromatic carbocycles. The number of halogens is 1. The van der Waals surface area contributed by atoms with Gasteiger partial charge in [0.15, 0.2) is 0 Å². The second kappa shape index (κ2) is 7.55. The van der Waals surface area contributed by atoms with E-state index in [1.165, 1.54) is 0 Å². The number of piperidine rings is 1. The number of hydrogen-bond acceptors (Lipinski definition) is 5. The maximum absolute atomic E-state index is 12.5. The van der Waals surface area contributed by atoms with Crippen molar-refractivity contribution in [3.05, 3.63) is 16.9 Å². The van der Waals surface area contributed by atoms with Crippen molar-refractivity contribution < 1.29 is 9.53 Å². The molecule has 1 atom stereocenters. The van der Waals surface area contributed by atoms with Crippen molar-refractivity contribution in [1.29, 1.82) is 0 Å². The molecule has 7 heteroatoms. The number of rotatable bonds is 3. The molecule has 1 aliphatic rings. The number of likely N-dealkylation sites (N-methyl/N-ethyl adjacent to an activating group) is 1. The van der Waals surface area contributed by atoms with E-state index >= 15 is 0 Å². The molecule has 0 spiro atoms. The maximum Gasteiger partial charge on any atom is 0.410 e. The summed E-state index contributed by atoms with van der Waals surface area (Å²) in [7, 11) is 1.92. The number of likely N-dealkylation sites (tertiary alicyclic amines) is 1. The smallest absolute Gasteiger partial charge is 0.410 e. The molecule has 24 heavy (non-hydrogen) atoms. The number of carbonyl (C=O) groups is 1. The van der Waals surface area contributed by atoms with Crippen molar-refractivity contribution in [3.63, 3.8) is 0 Å². The topological polar surface area (TPSA) is 58.6 Å². The largest absolute Gasteiger partial charge is 0.444 e. The quantitative estimate of drug-likeness (QED) is 0.775. The number of hydrogen-bond donors (Lipinski definition) is 0. The Balaban J connectivity index is 2.08. The molecule has 0 N–H and O–H groups in total. The van der Waals surface area contributed by atoms with E-state index in [0.717, 1.165) is 31.5 Å². The van der Waals surface area contributed by atoms with Crippen LogP contribution in [0.2, 0.25) is 5.15 Å². The molecule has 1 amide bonds. The Morgan fingerprint density at radius 3 is 2.75 bits per heavy atom.